The molecular weight excluding hydrogens is 437 g/mol. The van der Waals surface area contributed by atoms with Gasteiger partial charge in [-0.25, -0.2) is 4.98 Å². The van der Waals surface area contributed by atoms with Crippen LogP contribution < -0.4 is 15.0 Å². The maximum absolute atomic E-state index is 11.5. The number of ether oxygens (including phenoxy) is 1. The SMILES string of the molecule is CC(=O)NC1CCCN1c1cccc(O[C@@H](Cc2cc(Cl)cc(Cl)c2)c2ncc[nH]2)n1. The third kappa shape index (κ3) is 5.48. The lowest BCUT2D eigenvalue weighted by Gasteiger charge is -2.26. The Morgan fingerprint density at radius 3 is 2.84 bits per heavy atom. The number of halogens is 2. The van der Waals surface area contributed by atoms with Crippen molar-refractivity contribution in [2.24, 2.45) is 0 Å². The molecule has 2 atom stereocenters. The molecule has 3 heterocycles. The Morgan fingerprint density at radius 2 is 2.13 bits per heavy atom. The molecule has 7 nitrogen and oxygen atoms in total. The summed E-state index contributed by atoms with van der Waals surface area (Å²) in [6, 6.07) is 11.1. The van der Waals surface area contributed by atoms with Crippen molar-refractivity contribution < 1.29 is 9.53 Å². The highest BCUT2D eigenvalue weighted by molar-refractivity contribution is 6.34. The molecule has 1 aliphatic rings. The number of pyridine rings is 1. The topological polar surface area (TPSA) is 83.1 Å². The Kier molecular flexibility index (Phi) is 6.63. The molecule has 162 valence electrons. The number of nitrogens with one attached hydrogen (secondary N) is 2. The van der Waals surface area contributed by atoms with Gasteiger partial charge in [0.05, 0.1) is 0 Å². The second kappa shape index (κ2) is 9.58. The van der Waals surface area contributed by atoms with E-state index < -0.39 is 6.10 Å². The molecule has 1 aliphatic heterocycles. The zero-order chi connectivity index (χ0) is 21.8. The van der Waals surface area contributed by atoms with Crippen molar-refractivity contribution in [3.63, 3.8) is 0 Å². The highest BCUT2D eigenvalue weighted by Crippen LogP contribution is 2.28. The van der Waals surface area contributed by atoms with Crippen LogP contribution in [0.3, 0.4) is 0 Å². The molecule has 0 saturated carbocycles. The molecule has 31 heavy (non-hydrogen) atoms. The van der Waals surface area contributed by atoms with Crippen molar-refractivity contribution in [1.29, 1.82) is 0 Å². The summed E-state index contributed by atoms with van der Waals surface area (Å²) in [6.45, 7) is 2.35. The highest BCUT2D eigenvalue weighted by atomic mass is 35.5. The number of aromatic nitrogens is 3. The van der Waals surface area contributed by atoms with Crippen LogP contribution in [0.1, 0.15) is 37.3 Å². The number of amides is 1. The van der Waals surface area contributed by atoms with Crippen LogP contribution in [0.2, 0.25) is 10.0 Å². The summed E-state index contributed by atoms with van der Waals surface area (Å²) in [4.78, 5) is 25.8. The maximum atomic E-state index is 11.5. The number of carbonyl (C=O) groups is 1. The summed E-state index contributed by atoms with van der Waals surface area (Å²) < 4.78 is 6.25. The molecule has 4 rings (SSSR count). The average molecular weight is 460 g/mol. The number of carbonyl (C=O) groups excluding carboxylic acids is 1. The number of aromatic amines is 1. The van der Waals surface area contributed by atoms with Crippen molar-refractivity contribution >= 4 is 34.9 Å². The van der Waals surface area contributed by atoms with Crippen molar-refractivity contribution in [1.82, 2.24) is 20.3 Å². The zero-order valence-electron chi connectivity index (χ0n) is 17.0. The minimum absolute atomic E-state index is 0.0534. The molecule has 0 aliphatic carbocycles. The molecule has 1 amide bonds. The van der Waals surface area contributed by atoms with Gasteiger partial charge in [-0.3, -0.25) is 4.79 Å². The Balaban J connectivity index is 1.56. The van der Waals surface area contributed by atoms with Gasteiger partial charge in [-0.05, 0) is 42.7 Å². The molecule has 0 bridgehead atoms. The highest BCUT2D eigenvalue weighted by Gasteiger charge is 2.27. The normalized spacial score (nSPS) is 16.9. The third-order valence-electron chi connectivity index (χ3n) is 5.06. The van der Waals surface area contributed by atoms with Crippen LogP contribution in [-0.4, -0.2) is 33.6 Å². The van der Waals surface area contributed by atoms with Crippen LogP contribution >= 0.6 is 23.2 Å². The molecule has 3 aromatic rings. The van der Waals surface area contributed by atoms with Crippen LogP contribution in [0.15, 0.2) is 48.8 Å². The van der Waals surface area contributed by atoms with E-state index in [2.05, 4.69) is 20.2 Å². The van der Waals surface area contributed by atoms with Gasteiger partial charge < -0.3 is 19.9 Å². The van der Waals surface area contributed by atoms with Crippen molar-refractivity contribution in [2.75, 3.05) is 11.4 Å². The van der Waals surface area contributed by atoms with Gasteiger partial charge in [0.15, 0.2) is 6.10 Å². The van der Waals surface area contributed by atoms with Gasteiger partial charge in [0, 0.05) is 48.4 Å². The molecular formula is C22H23Cl2N5O2. The number of rotatable bonds is 7. The largest absolute Gasteiger partial charge is 0.466 e. The van der Waals surface area contributed by atoms with E-state index in [1.807, 2.05) is 30.3 Å². The third-order valence-corrected chi connectivity index (χ3v) is 5.49. The summed E-state index contributed by atoms with van der Waals surface area (Å²) in [5.41, 5.74) is 0.931. The van der Waals surface area contributed by atoms with Crippen LogP contribution in [0, 0.1) is 0 Å². The van der Waals surface area contributed by atoms with E-state index in [4.69, 9.17) is 32.9 Å². The van der Waals surface area contributed by atoms with Gasteiger partial charge >= 0.3 is 0 Å². The summed E-state index contributed by atoms with van der Waals surface area (Å²) >= 11 is 12.3. The Morgan fingerprint density at radius 1 is 1.32 bits per heavy atom. The first-order valence-electron chi connectivity index (χ1n) is 10.1. The fourth-order valence-corrected chi connectivity index (χ4v) is 4.36. The monoisotopic (exact) mass is 459 g/mol. The molecule has 0 spiro atoms. The molecule has 1 aromatic carbocycles. The summed E-state index contributed by atoms with van der Waals surface area (Å²) in [7, 11) is 0. The van der Waals surface area contributed by atoms with Crippen LogP contribution in [-0.2, 0) is 11.2 Å². The number of H-pyrrole nitrogens is 1. The van der Waals surface area contributed by atoms with Gasteiger partial charge in [-0.1, -0.05) is 29.3 Å². The Labute approximate surface area is 190 Å². The molecule has 1 saturated heterocycles. The number of benzene rings is 1. The van der Waals surface area contributed by atoms with Gasteiger partial charge in [0.1, 0.15) is 17.8 Å². The Bertz CT molecular complexity index is 1020. The van der Waals surface area contributed by atoms with Crippen molar-refractivity contribution in [3.8, 4) is 5.88 Å². The van der Waals surface area contributed by atoms with Crippen LogP contribution in [0.25, 0.3) is 0 Å². The van der Waals surface area contributed by atoms with Gasteiger partial charge in [-0.2, -0.15) is 4.98 Å². The van der Waals surface area contributed by atoms with E-state index in [0.29, 0.717) is 28.2 Å². The average Bonchev–Trinajstić information content (AvgIpc) is 3.38. The fourth-order valence-electron chi connectivity index (χ4n) is 3.79. The van der Waals surface area contributed by atoms with Crippen molar-refractivity contribution in [3.05, 3.63) is 70.2 Å². The minimum Gasteiger partial charge on any atom is -0.466 e. The first-order valence-corrected chi connectivity index (χ1v) is 10.9. The fraction of sp³-hybridized carbons (Fsp3) is 0.318. The first kappa shape index (κ1) is 21.5. The predicted molar refractivity (Wildman–Crippen MR) is 121 cm³/mol. The molecule has 1 unspecified atom stereocenters. The number of imidazole rings is 1. The van der Waals surface area contributed by atoms with Crippen LogP contribution in [0.5, 0.6) is 5.88 Å². The van der Waals surface area contributed by atoms with Gasteiger partial charge in [0.2, 0.25) is 11.8 Å². The summed E-state index contributed by atoms with van der Waals surface area (Å²) in [6.07, 6.45) is 5.36. The lowest BCUT2D eigenvalue weighted by Crippen LogP contribution is -2.43. The van der Waals surface area contributed by atoms with Gasteiger partial charge in [-0.15, -0.1) is 0 Å². The smallest absolute Gasteiger partial charge is 0.218 e. The second-order valence-corrected chi connectivity index (χ2v) is 8.32. The molecule has 9 heteroatoms. The Hall–Kier alpha value is -2.77. The number of nitrogens with zero attached hydrogens (tertiary/aromatic N) is 3. The summed E-state index contributed by atoms with van der Waals surface area (Å²) in [5.74, 6) is 1.86. The lowest BCUT2D eigenvalue weighted by molar-refractivity contribution is -0.119. The van der Waals surface area contributed by atoms with E-state index in [1.165, 1.54) is 6.92 Å². The van der Waals surface area contributed by atoms with E-state index in [-0.39, 0.29) is 12.1 Å². The van der Waals surface area contributed by atoms with E-state index in [1.54, 1.807) is 18.5 Å². The van der Waals surface area contributed by atoms with Crippen LogP contribution in [0.4, 0.5) is 5.82 Å². The van der Waals surface area contributed by atoms with E-state index >= 15 is 0 Å². The molecule has 0 radical (unpaired) electrons. The van der Waals surface area contributed by atoms with E-state index in [0.717, 1.165) is 30.8 Å². The zero-order valence-corrected chi connectivity index (χ0v) is 18.5. The lowest BCUT2D eigenvalue weighted by atomic mass is 10.1. The quantitative estimate of drug-likeness (QED) is 0.541. The predicted octanol–water partition coefficient (Wildman–Crippen LogP) is 4.54. The van der Waals surface area contributed by atoms with Gasteiger partial charge in [0.25, 0.3) is 0 Å². The number of hydrogen-bond acceptors (Lipinski definition) is 5. The first-order chi connectivity index (χ1) is 15.0. The standard InChI is InChI=1S/C22H23Cl2N5O2/c1-14(30)27-19-5-3-9-29(19)20-4-2-6-21(28-20)31-18(22-25-7-8-26-22)12-15-10-16(23)13-17(24)11-15/h2,4,6-8,10-11,13,18-19H,3,5,9,12H2,1H3,(H,25,26)(H,27,30)/t18-,19?/m0/s1. The molecule has 1 fully saturated rings. The molecule has 2 N–H and O–H groups in total. The second-order valence-electron chi connectivity index (χ2n) is 7.45. The maximum Gasteiger partial charge on any atom is 0.218 e. The number of anilines is 1. The van der Waals surface area contributed by atoms with Crippen molar-refractivity contribution in [2.45, 2.75) is 38.5 Å². The van der Waals surface area contributed by atoms with E-state index in [9.17, 15) is 4.79 Å². The molecule has 2 aromatic heterocycles. The minimum atomic E-state index is -0.406. The number of hydrogen-bond donors (Lipinski definition) is 2. The summed E-state index contributed by atoms with van der Waals surface area (Å²) in [5, 5.41) is 4.12.